The molecule has 3 N–H and O–H groups in total. The molecular formula is C16H11N3O4. The molecule has 7 heteroatoms. The number of nitrogens with zero attached hydrogens (tertiary/aromatic N) is 2. The summed E-state index contributed by atoms with van der Waals surface area (Å²) in [6.45, 7) is 0. The molecule has 0 aliphatic heterocycles. The van der Waals surface area contributed by atoms with Crippen molar-refractivity contribution in [1.82, 2.24) is 15.2 Å². The van der Waals surface area contributed by atoms with E-state index in [4.69, 9.17) is 10.2 Å². The van der Waals surface area contributed by atoms with Crippen LogP contribution in [0.1, 0.15) is 20.7 Å². The van der Waals surface area contributed by atoms with E-state index in [-0.39, 0.29) is 11.1 Å². The van der Waals surface area contributed by atoms with Crippen LogP contribution in [0.2, 0.25) is 0 Å². The first kappa shape index (κ1) is 14.5. The topological polar surface area (TPSA) is 116 Å². The van der Waals surface area contributed by atoms with Crippen LogP contribution in [0.3, 0.4) is 0 Å². The average Bonchev–Trinajstić information content (AvgIpc) is 3.05. The third-order valence-electron chi connectivity index (χ3n) is 3.24. The van der Waals surface area contributed by atoms with Gasteiger partial charge in [0, 0.05) is 11.1 Å². The number of nitrogens with one attached hydrogen (secondary N) is 1. The number of carbonyl (C=O) groups is 2. The fourth-order valence-electron chi connectivity index (χ4n) is 2.11. The first-order valence-corrected chi connectivity index (χ1v) is 6.64. The summed E-state index contributed by atoms with van der Waals surface area (Å²) in [6, 6.07) is 12.6. The number of hydrogen-bond donors (Lipinski definition) is 3. The number of aromatic nitrogens is 3. The summed E-state index contributed by atoms with van der Waals surface area (Å²) in [5.74, 6) is -1.31. The smallest absolute Gasteiger partial charge is 0.335 e. The van der Waals surface area contributed by atoms with Crippen molar-refractivity contribution in [2.75, 3.05) is 0 Å². The Labute approximate surface area is 130 Å². The Bertz CT molecular complexity index is 830. The zero-order valence-electron chi connectivity index (χ0n) is 11.7. The van der Waals surface area contributed by atoms with Gasteiger partial charge in [-0.15, -0.1) is 0 Å². The van der Waals surface area contributed by atoms with Crippen molar-refractivity contribution < 1.29 is 19.8 Å². The van der Waals surface area contributed by atoms with Crippen LogP contribution >= 0.6 is 0 Å². The fraction of sp³-hybridized carbons (Fsp3) is 0. The molecule has 0 aliphatic carbocycles. The van der Waals surface area contributed by atoms with Gasteiger partial charge >= 0.3 is 11.9 Å². The minimum absolute atomic E-state index is 0.140. The van der Waals surface area contributed by atoms with Crippen LogP contribution in [-0.2, 0) is 0 Å². The Hall–Kier alpha value is -3.48. The number of rotatable bonds is 4. The lowest BCUT2D eigenvalue weighted by atomic mass is 10.1. The maximum Gasteiger partial charge on any atom is 0.335 e. The summed E-state index contributed by atoms with van der Waals surface area (Å²) in [5, 5.41) is 24.8. The van der Waals surface area contributed by atoms with Gasteiger partial charge in [0.25, 0.3) is 0 Å². The van der Waals surface area contributed by atoms with Crippen LogP contribution in [0.5, 0.6) is 0 Å². The summed E-state index contributed by atoms with van der Waals surface area (Å²) >= 11 is 0. The highest BCUT2D eigenvalue weighted by molar-refractivity contribution is 5.89. The summed E-state index contributed by atoms with van der Waals surface area (Å²) in [7, 11) is 0. The number of carboxylic acid groups (broad SMARTS) is 2. The molecule has 0 radical (unpaired) electrons. The average molecular weight is 309 g/mol. The molecule has 0 saturated heterocycles. The molecule has 0 spiro atoms. The van der Waals surface area contributed by atoms with Gasteiger partial charge in [0.2, 0.25) is 0 Å². The summed E-state index contributed by atoms with van der Waals surface area (Å²) < 4.78 is 0. The molecule has 0 atom stereocenters. The van der Waals surface area contributed by atoms with Gasteiger partial charge in [-0.2, -0.15) is 5.10 Å². The van der Waals surface area contributed by atoms with Gasteiger partial charge in [-0.25, -0.2) is 14.6 Å². The zero-order valence-corrected chi connectivity index (χ0v) is 11.7. The Morgan fingerprint density at radius 2 is 1.43 bits per heavy atom. The molecule has 2 aromatic carbocycles. The molecule has 0 fully saturated rings. The molecule has 0 saturated carbocycles. The monoisotopic (exact) mass is 309 g/mol. The van der Waals surface area contributed by atoms with Crippen molar-refractivity contribution in [3.8, 4) is 22.8 Å². The summed E-state index contributed by atoms with van der Waals surface area (Å²) in [4.78, 5) is 26.3. The molecule has 1 heterocycles. The van der Waals surface area contributed by atoms with Crippen LogP contribution in [-0.4, -0.2) is 37.3 Å². The van der Waals surface area contributed by atoms with E-state index in [2.05, 4.69) is 15.2 Å². The van der Waals surface area contributed by atoms with Crippen molar-refractivity contribution in [3.63, 3.8) is 0 Å². The lowest BCUT2D eigenvalue weighted by Crippen LogP contribution is -1.96. The third-order valence-corrected chi connectivity index (χ3v) is 3.24. The molecule has 7 nitrogen and oxygen atoms in total. The van der Waals surface area contributed by atoms with E-state index < -0.39 is 11.9 Å². The maximum absolute atomic E-state index is 11.0. The van der Waals surface area contributed by atoms with Crippen LogP contribution in [0.4, 0.5) is 0 Å². The second-order valence-corrected chi connectivity index (χ2v) is 4.78. The van der Waals surface area contributed by atoms with Gasteiger partial charge < -0.3 is 10.2 Å². The van der Waals surface area contributed by atoms with Crippen LogP contribution < -0.4 is 0 Å². The Morgan fingerprint density at radius 1 is 0.870 bits per heavy atom. The van der Waals surface area contributed by atoms with Gasteiger partial charge in [-0.1, -0.05) is 24.3 Å². The van der Waals surface area contributed by atoms with Crippen LogP contribution in [0.15, 0.2) is 48.5 Å². The number of aromatic amines is 1. The van der Waals surface area contributed by atoms with E-state index in [0.717, 1.165) is 0 Å². The van der Waals surface area contributed by atoms with Crippen molar-refractivity contribution >= 4 is 11.9 Å². The van der Waals surface area contributed by atoms with E-state index in [0.29, 0.717) is 22.8 Å². The van der Waals surface area contributed by atoms with Crippen molar-refractivity contribution in [3.05, 3.63) is 59.7 Å². The molecule has 0 amide bonds. The normalized spacial score (nSPS) is 10.4. The second kappa shape index (κ2) is 5.72. The Kier molecular flexibility index (Phi) is 3.60. The van der Waals surface area contributed by atoms with Crippen molar-refractivity contribution in [1.29, 1.82) is 0 Å². The summed E-state index contributed by atoms with van der Waals surface area (Å²) in [6.07, 6.45) is 0. The summed E-state index contributed by atoms with van der Waals surface area (Å²) in [5.41, 5.74) is 1.43. The molecule has 3 rings (SSSR count). The quantitative estimate of drug-likeness (QED) is 0.682. The van der Waals surface area contributed by atoms with E-state index in [1.165, 1.54) is 24.3 Å². The molecule has 0 aliphatic rings. The lowest BCUT2D eigenvalue weighted by molar-refractivity contribution is 0.0686. The maximum atomic E-state index is 11.0. The van der Waals surface area contributed by atoms with Gasteiger partial charge in [0.05, 0.1) is 11.1 Å². The Balaban J connectivity index is 1.97. The SMILES string of the molecule is O=C(O)c1cccc(-c2n[nH]c(-c3cccc(C(=O)O)c3)n2)c1. The highest BCUT2D eigenvalue weighted by Gasteiger charge is 2.11. The highest BCUT2D eigenvalue weighted by Crippen LogP contribution is 2.21. The Morgan fingerprint density at radius 3 is 2.04 bits per heavy atom. The minimum atomic E-state index is -1.03. The standard InChI is InChI=1S/C16H11N3O4/c20-15(21)11-5-1-3-9(7-11)13-17-14(19-18-13)10-4-2-6-12(8-10)16(22)23/h1-8H,(H,20,21)(H,22,23)(H,17,18,19). The van der Waals surface area contributed by atoms with Crippen molar-refractivity contribution in [2.45, 2.75) is 0 Å². The van der Waals surface area contributed by atoms with Crippen LogP contribution in [0, 0.1) is 0 Å². The first-order chi connectivity index (χ1) is 11.0. The zero-order chi connectivity index (χ0) is 16.4. The van der Waals surface area contributed by atoms with E-state index >= 15 is 0 Å². The highest BCUT2D eigenvalue weighted by atomic mass is 16.4. The number of benzene rings is 2. The molecule has 23 heavy (non-hydrogen) atoms. The molecule has 0 bridgehead atoms. The molecule has 3 aromatic rings. The molecule has 0 unspecified atom stereocenters. The predicted molar refractivity (Wildman–Crippen MR) is 81.2 cm³/mol. The van der Waals surface area contributed by atoms with E-state index in [1.54, 1.807) is 24.3 Å². The third kappa shape index (κ3) is 2.93. The lowest BCUT2D eigenvalue weighted by Gasteiger charge is -1.99. The first-order valence-electron chi connectivity index (χ1n) is 6.64. The van der Waals surface area contributed by atoms with Gasteiger partial charge in [-0.3, -0.25) is 5.10 Å². The van der Waals surface area contributed by atoms with Gasteiger partial charge in [0.15, 0.2) is 11.6 Å². The van der Waals surface area contributed by atoms with Gasteiger partial charge in [-0.05, 0) is 24.3 Å². The van der Waals surface area contributed by atoms with Crippen LogP contribution in [0.25, 0.3) is 22.8 Å². The van der Waals surface area contributed by atoms with E-state index in [1.807, 2.05) is 0 Å². The minimum Gasteiger partial charge on any atom is -0.478 e. The van der Waals surface area contributed by atoms with E-state index in [9.17, 15) is 9.59 Å². The molecule has 1 aromatic heterocycles. The predicted octanol–water partition coefficient (Wildman–Crippen LogP) is 2.54. The number of aromatic carboxylic acids is 2. The number of H-pyrrole nitrogens is 1. The molecule has 114 valence electrons. The fourth-order valence-corrected chi connectivity index (χ4v) is 2.11. The number of carboxylic acids is 2. The largest absolute Gasteiger partial charge is 0.478 e. The number of hydrogen-bond acceptors (Lipinski definition) is 4. The molecular weight excluding hydrogens is 298 g/mol. The van der Waals surface area contributed by atoms with Gasteiger partial charge in [0.1, 0.15) is 0 Å². The second-order valence-electron chi connectivity index (χ2n) is 4.78. The van der Waals surface area contributed by atoms with Crippen molar-refractivity contribution in [2.24, 2.45) is 0 Å².